The van der Waals surface area contributed by atoms with Gasteiger partial charge in [-0.3, -0.25) is 4.72 Å². The molecule has 0 aliphatic heterocycles. The van der Waals surface area contributed by atoms with Crippen LogP contribution in [0, 0.1) is 0 Å². The van der Waals surface area contributed by atoms with Crippen molar-refractivity contribution in [3.05, 3.63) is 47.3 Å². The molecule has 1 N–H and O–H groups in total. The van der Waals surface area contributed by atoms with Crippen LogP contribution in [0.3, 0.4) is 0 Å². The molecule has 0 bridgehead atoms. The summed E-state index contributed by atoms with van der Waals surface area (Å²) in [5, 5.41) is 0. The average Bonchev–Trinajstić information content (AvgIpc) is 2.79. The third-order valence-electron chi connectivity index (χ3n) is 2.28. The van der Waals surface area contributed by atoms with Crippen LogP contribution in [-0.2, 0) is 16.4 Å². The predicted molar refractivity (Wildman–Crippen MR) is 70.9 cm³/mol. The highest BCUT2D eigenvalue weighted by atomic mass is 32.2. The summed E-state index contributed by atoms with van der Waals surface area (Å²) < 4.78 is 27.0. The van der Waals surface area contributed by atoms with Gasteiger partial charge >= 0.3 is 0 Å². The molecular weight excluding hydrogens is 254 g/mol. The minimum Gasteiger partial charge on any atom is -0.279 e. The molecule has 0 amide bonds. The number of anilines is 1. The molecule has 0 aliphatic carbocycles. The predicted octanol–water partition coefficient (Wildman–Crippen LogP) is 3.11. The molecule has 1 aromatic heterocycles. The summed E-state index contributed by atoms with van der Waals surface area (Å²) in [5.41, 5.74) is 0.582. The summed E-state index contributed by atoms with van der Waals surface area (Å²) in [6, 6.07) is 12.4. The quantitative estimate of drug-likeness (QED) is 0.925. The van der Waals surface area contributed by atoms with Gasteiger partial charge in [-0.1, -0.05) is 25.1 Å². The lowest BCUT2D eigenvalue weighted by molar-refractivity contribution is 0.603. The Labute approximate surface area is 105 Å². The van der Waals surface area contributed by atoms with Crippen LogP contribution in [0.4, 0.5) is 5.69 Å². The number of nitrogens with one attached hydrogen (secondary N) is 1. The van der Waals surface area contributed by atoms with Crippen LogP contribution in [0.2, 0.25) is 0 Å². The second kappa shape index (κ2) is 4.89. The fraction of sp³-hybridized carbons (Fsp3) is 0.167. The minimum atomic E-state index is -3.43. The van der Waals surface area contributed by atoms with E-state index in [1.165, 1.54) is 11.3 Å². The Morgan fingerprint density at radius 3 is 2.41 bits per heavy atom. The zero-order valence-corrected chi connectivity index (χ0v) is 11.0. The number of hydrogen-bond donors (Lipinski definition) is 1. The van der Waals surface area contributed by atoms with Gasteiger partial charge in [-0.2, -0.15) is 0 Å². The molecule has 1 aromatic carbocycles. The maximum absolute atomic E-state index is 12.0. The molecule has 0 unspecified atom stereocenters. The van der Waals surface area contributed by atoms with E-state index in [9.17, 15) is 8.42 Å². The van der Waals surface area contributed by atoms with Gasteiger partial charge in [0.1, 0.15) is 4.21 Å². The van der Waals surface area contributed by atoms with E-state index in [4.69, 9.17) is 0 Å². The lowest BCUT2D eigenvalue weighted by Crippen LogP contribution is -2.11. The number of benzene rings is 1. The van der Waals surface area contributed by atoms with Gasteiger partial charge in [-0.25, -0.2) is 8.42 Å². The van der Waals surface area contributed by atoms with E-state index >= 15 is 0 Å². The van der Waals surface area contributed by atoms with Crippen LogP contribution in [0.1, 0.15) is 11.8 Å². The van der Waals surface area contributed by atoms with Crippen molar-refractivity contribution in [1.82, 2.24) is 0 Å². The van der Waals surface area contributed by atoms with Gasteiger partial charge in [0, 0.05) is 10.6 Å². The van der Waals surface area contributed by atoms with Gasteiger partial charge in [0.2, 0.25) is 0 Å². The highest BCUT2D eigenvalue weighted by Gasteiger charge is 2.16. The van der Waals surface area contributed by atoms with Crippen LogP contribution < -0.4 is 4.72 Å². The summed E-state index contributed by atoms with van der Waals surface area (Å²) in [7, 11) is -3.43. The fourth-order valence-electron chi connectivity index (χ4n) is 1.40. The standard InChI is InChI=1S/C12H13NO2S2/c1-2-11-8-9-12(16-11)17(14,15)13-10-6-4-3-5-7-10/h3-9,13H,2H2,1H3. The monoisotopic (exact) mass is 267 g/mol. The molecule has 0 spiro atoms. The Bertz CT molecular complexity index is 588. The zero-order valence-electron chi connectivity index (χ0n) is 9.38. The van der Waals surface area contributed by atoms with Crippen molar-refractivity contribution in [2.45, 2.75) is 17.6 Å². The van der Waals surface area contributed by atoms with Gasteiger partial charge in [-0.15, -0.1) is 11.3 Å². The lowest BCUT2D eigenvalue weighted by Gasteiger charge is -2.05. The Morgan fingerprint density at radius 2 is 1.82 bits per heavy atom. The fourth-order valence-corrected chi connectivity index (χ4v) is 3.76. The summed E-state index contributed by atoms with van der Waals surface area (Å²) in [5.74, 6) is 0. The van der Waals surface area contributed by atoms with E-state index < -0.39 is 10.0 Å². The molecule has 0 radical (unpaired) electrons. The highest BCUT2D eigenvalue weighted by Crippen LogP contribution is 2.24. The Hall–Kier alpha value is -1.33. The number of thiophene rings is 1. The molecule has 1 heterocycles. The Morgan fingerprint density at radius 1 is 1.12 bits per heavy atom. The number of sulfonamides is 1. The van der Waals surface area contributed by atoms with Crippen molar-refractivity contribution in [3.8, 4) is 0 Å². The molecule has 2 rings (SSSR count). The van der Waals surface area contributed by atoms with E-state index in [0.29, 0.717) is 9.90 Å². The normalized spacial score (nSPS) is 11.4. The zero-order chi connectivity index (χ0) is 12.3. The molecule has 2 aromatic rings. The SMILES string of the molecule is CCc1ccc(S(=O)(=O)Nc2ccccc2)s1. The topological polar surface area (TPSA) is 46.2 Å². The first kappa shape index (κ1) is 12.1. The van der Waals surface area contributed by atoms with Crippen LogP contribution in [-0.4, -0.2) is 8.42 Å². The minimum absolute atomic E-state index is 0.359. The third kappa shape index (κ3) is 2.87. The van der Waals surface area contributed by atoms with Crippen molar-refractivity contribution in [2.24, 2.45) is 0 Å². The van der Waals surface area contributed by atoms with Gasteiger partial charge in [0.25, 0.3) is 10.0 Å². The van der Waals surface area contributed by atoms with Gasteiger partial charge < -0.3 is 0 Å². The van der Waals surface area contributed by atoms with Crippen LogP contribution in [0.15, 0.2) is 46.7 Å². The molecule has 0 atom stereocenters. The molecule has 0 saturated carbocycles. The maximum Gasteiger partial charge on any atom is 0.271 e. The molecule has 3 nitrogen and oxygen atoms in total. The van der Waals surface area contributed by atoms with Crippen molar-refractivity contribution < 1.29 is 8.42 Å². The van der Waals surface area contributed by atoms with Crippen molar-refractivity contribution in [2.75, 3.05) is 4.72 Å². The van der Waals surface area contributed by atoms with Crippen molar-refractivity contribution in [1.29, 1.82) is 0 Å². The molecule has 0 aliphatic rings. The first-order valence-electron chi connectivity index (χ1n) is 5.28. The van der Waals surface area contributed by atoms with E-state index in [1.807, 2.05) is 19.1 Å². The molecule has 5 heteroatoms. The summed E-state index contributed by atoms with van der Waals surface area (Å²) >= 11 is 1.31. The molecule has 90 valence electrons. The number of hydrogen-bond acceptors (Lipinski definition) is 3. The summed E-state index contributed by atoms with van der Waals surface area (Å²) in [6.07, 6.45) is 0.853. The number of rotatable bonds is 4. The maximum atomic E-state index is 12.0. The van der Waals surface area contributed by atoms with Crippen molar-refractivity contribution in [3.63, 3.8) is 0 Å². The van der Waals surface area contributed by atoms with E-state index in [1.54, 1.807) is 30.3 Å². The van der Waals surface area contributed by atoms with Crippen LogP contribution in [0.25, 0.3) is 0 Å². The largest absolute Gasteiger partial charge is 0.279 e. The first-order valence-corrected chi connectivity index (χ1v) is 7.58. The first-order chi connectivity index (χ1) is 8.12. The van der Waals surface area contributed by atoms with E-state index in [2.05, 4.69) is 4.72 Å². The Kier molecular flexibility index (Phi) is 3.49. The summed E-state index contributed by atoms with van der Waals surface area (Å²) in [4.78, 5) is 1.07. The highest BCUT2D eigenvalue weighted by molar-refractivity contribution is 7.94. The second-order valence-corrected chi connectivity index (χ2v) is 6.62. The lowest BCUT2D eigenvalue weighted by atomic mass is 10.3. The average molecular weight is 267 g/mol. The molecule has 17 heavy (non-hydrogen) atoms. The van der Waals surface area contributed by atoms with E-state index in [-0.39, 0.29) is 0 Å². The van der Waals surface area contributed by atoms with Gasteiger partial charge in [0.15, 0.2) is 0 Å². The smallest absolute Gasteiger partial charge is 0.271 e. The van der Waals surface area contributed by atoms with Crippen molar-refractivity contribution >= 4 is 27.0 Å². The Balaban J connectivity index is 2.25. The molecular formula is C12H13NO2S2. The van der Waals surface area contributed by atoms with Gasteiger partial charge in [-0.05, 0) is 30.7 Å². The van der Waals surface area contributed by atoms with Crippen LogP contribution >= 0.6 is 11.3 Å². The molecule has 0 fully saturated rings. The van der Waals surface area contributed by atoms with Gasteiger partial charge in [0.05, 0.1) is 0 Å². The third-order valence-corrected chi connectivity index (χ3v) is 5.38. The number of para-hydroxylation sites is 1. The van der Waals surface area contributed by atoms with Crippen LogP contribution in [0.5, 0.6) is 0 Å². The summed E-state index contributed by atoms with van der Waals surface area (Å²) in [6.45, 7) is 2.01. The second-order valence-electron chi connectivity index (χ2n) is 3.55. The number of aryl methyl sites for hydroxylation is 1. The molecule has 0 saturated heterocycles. The van der Waals surface area contributed by atoms with E-state index in [0.717, 1.165) is 11.3 Å².